The maximum Gasteiger partial charge on any atom is 0.277 e. The minimum atomic E-state index is -0.127. The Kier molecular flexibility index (Phi) is 4.88. The van der Waals surface area contributed by atoms with Gasteiger partial charge in [0, 0.05) is 11.6 Å². The normalized spacial score (nSPS) is 13.4. The predicted molar refractivity (Wildman–Crippen MR) is 98.6 cm³/mol. The highest BCUT2D eigenvalue weighted by molar-refractivity contribution is 7.99. The first kappa shape index (κ1) is 16.7. The van der Waals surface area contributed by atoms with Crippen LogP contribution < -0.4 is 10.1 Å². The number of nitrogens with zero attached hydrogens (tertiary/aromatic N) is 2. The van der Waals surface area contributed by atoms with Crippen LogP contribution in [0.2, 0.25) is 0 Å². The molecule has 0 radical (unpaired) electrons. The predicted octanol–water partition coefficient (Wildman–Crippen LogP) is 4.47. The van der Waals surface area contributed by atoms with Crippen LogP contribution in [0.25, 0.3) is 0 Å². The van der Waals surface area contributed by atoms with Gasteiger partial charge in [-0.1, -0.05) is 30.0 Å². The van der Waals surface area contributed by atoms with Gasteiger partial charge >= 0.3 is 0 Å². The maximum atomic E-state index is 12.1. The molecule has 1 N–H and O–H groups in total. The molecule has 2 aromatic carbocycles. The smallest absolute Gasteiger partial charge is 0.277 e. The zero-order chi connectivity index (χ0) is 17.8. The zero-order valence-corrected chi connectivity index (χ0v) is 14.7. The van der Waals surface area contributed by atoms with E-state index in [0.717, 1.165) is 18.6 Å². The SMILES string of the molecule is O=C(CSc1nnc(C2CC2)o1)Nc1ccc(Oc2ccccc2)cc1. The van der Waals surface area contributed by atoms with E-state index in [9.17, 15) is 4.79 Å². The second kappa shape index (κ2) is 7.61. The van der Waals surface area contributed by atoms with Crippen LogP contribution in [0.1, 0.15) is 24.7 Å². The van der Waals surface area contributed by atoms with E-state index in [2.05, 4.69) is 15.5 Å². The van der Waals surface area contributed by atoms with Crippen LogP contribution in [0.3, 0.4) is 0 Å². The van der Waals surface area contributed by atoms with E-state index in [4.69, 9.17) is 9.15 Å². The van der Waals surface area contributed by atoms with E-state index in [1.54, 1.807) is 12.1 Å². The molecule has 7 heteroatoms. The molecule has 3 aromatic rings. The molecule has 1 aromatic heterocycles. The molecule has 0 aliphatic heterocycles. The lowest BCUT2D eigenvalue weighted by atomic mass is 10.3. The van der Waals surface area contributed by atoms with Gasteiger partial charge in [-0.2, -0.15) is 0 Å². The summed E-state index contributed by atoms with van der Waals surface area (Å²) >= 11 is 1.24. The third kappa shape index (κ3) is 4.43. The van der Waals surface area contributed by atoms with Gasteiger partial charge in [0.15, 0.2) is 0 Å². The molecule has 0 bridgehead atoms. The van der Waals surface area contributed by atoms with Crippen molar-refractivity contribution >= 4 is 23.4 Å². The fraction of sp³-hybridized carbons (Fsp3) is 0.211. The fourth-order valence-electron chi connectivity index (χ4n) is 2.33. The number of hydrogen-bond acceptors (Lipinski definition) is 6. The summed E-state index contributed by atoms with van der Waals surface area (Å²) in [5.74, 6) is 2.67. The molecule has 1 heterocycles. The van der Waals surface area contributed by atoms with Crippen molar-refractivity contribution in [3.63, 3.8) is 0 Å². The van der Waals surface area contributed by atoms with Crippen LogP contribution in [-0.4, -0.2) is 21.9 Å². The van der Waals surface area contributed by atoms with Crippen molar-refractivity contribution in [2.45, 2.75) is 24.0 Å². The second-order valence-electron chi connectivity index (χ2n) is 5.96. The minimum Gasteiger partial charge on any atom is -0.457 e. The van der Waals surface area contributed by atoms with Crippen molar-refractivity contribution in [3.05, 3.63) is 60.5 Å². The lowest BCUT2D eigenvalue weighted by molar-refractivity contribution is -0.113. The molecule has 0 saturated heterocycles. The number of anilines is 1. The number of hydrogen-bond donors (Lipinski definition) is 1. The number of carbonyl (C=O) groups is 1. The van der Waals surface area contributed by atoms with Crippen LogP contribution >= 0.6 is 11.8 Å². The molecule has 0 atom stereocenters. The number of benzene rings is 2. The van der Waals surface area contributed by atoms with Crippen LogP contribution in [0.15, 0.2) is 64.2 Å². The third-order valence-corrected chi connectivity index (χ3v) is 4.61. The van der Waals surface area contributed by atoms with Crippen molar-refractivity contribution in [3.8, 4) is 11.5 Å². The van der Waals surface area contributed by atoms with Crippen LogP contribution in [0.5, 0.6) is 11.5 Å². The van der Waals surface area contributed by atoms with Gasteiger partial charge in [0.1, 0.15) is 11.5 Å². The Hall–Kier alpha value is -2.80. The summed E-state index contributed by atoms with van der Waals surface area (Å²) in [6.07, 6.45) is 2.22. The Labute approximate surface area is 155 Å². The quantitative estimate of drug-likeness (QED) is 0.621. The molecule has 1 aliphatic rings. The Bertz CT molecular complexity index is 877. The molecule has 132 valence electrons. The van der Waals surface area contributed by atoms with E-state index < -0.39 is 0 Å². The first-order valence-electron chi connectivity index (χ1n) is 8.35. The number of ether oxygens (including phenoxy) is 1. The zero-order valence-electron chi connectivity index (χ0n) is 13.9. The lowest BCUT2D eigenvalue weighted by Gasteiger charge is -2.07. The standard InChI is InChI=1S/C19H17N3O3S/c23-17(12-26-19-22-21-18(25-19)13-6-7-13)20-14-8-10-16(11-9-14)24-15-4-2-1-3-5-15/h1-5,8-11,13H,6-7,12H2,(H,20,23). The Morgan fingerprint density at radius 1 is 1.08 bits per heavy atom. The van der Waals surface area contributed by atoms with Gasteiger partial charge in [-0.05, 0) is 49.2 Å². The molecule has 0 unspecified atom stereocenters. The highest BCUT2D eigenvalue weighted by Crippen LogP contribution is 2.39. The first-order valence-corrected chi connectivity index (χ1v) is 9.34. The van der Waals surface area contributed by atoms with Gasteiger partial charge < -0.3 is 14.5 Å². The molecule has 26 heavy (non-hydrogen) atoms. The second-order valence-corrected chi connectivity index (χ2v) is 6.88. The van der Waals surface area contributed by atoms with Crippen LogP contribution in [0, 0.1) is 0 Å². The monoisotopic (exact) mass is 367 g/mol. The maximum absolute atomic E-state index is 12.1. The van der Waals surface area contributed by atoms with Crippen molar-refractivity contribution in [2.75, 3.05) is 11.1 Å². The molecule has 1 fully saturated rings. The highest BCUT2D eigenvalue weighted by Gasteiger charge is 2.29. The van der Waals surface area contributed by atoms with E-state index in [0.29, 0.717) is 28.5 Å². The molecule has 1 amide bonds. The van der Waals surface area contributed by atoms with Gasteiger partial charge in [-0.15, -0.1) is 10.2 Å². The summed E-state index contributed by atoms with van der Waals surface area (Å²) in [6.45, 7) is 0. The number of rotatable bonds is 7. The number of amides is 1. The summed E-state index contributed by atoms with van der Waals surface area (Å²) in [7, 11) is 0. The van der Waals surface area contributed by atoms with Crippen LogP contribution in [0.4, 0.5) is 5.69 Å². The van der Waals surface area contributed by atoms with E-state index in [1.165, 1.54) is 11.8 Å². The van der Waals surface area contributed by atoms with Gasteiger partial charge in [-0.25, -0.2) is 0 Å². The van der Waals surface area contributed by atoms with E-state index in [1.807, 2.05) is 42.5 Å². The molecular formula is C19H17N3O3S. The number of aromatic nitrogens is 2. The molecule has 0 spiro atoms. The number of carbonyl (C=O) groups excluding carboxylic acids is 1. The van der Waals surface area contributed by atoms with E-state index >= 15 is 0 Å². The molecule has 1 aliphatic carbocycles. The molecule has 1 saturated carbocycles. The summed E-state index contributed by atoms with van der Waals surface area (Å²) in [5.41, 5.74) is 0.709. The van der Waals surface area contributed by atoms with Crippen molar-refractivity contribution in [1.82, 2.24) is 10.2 Å². The number of thioether (sulfide) groups is 1. The Balaban J connectivity index is 1.26. The van der Waals surface area contributed by atoms with Gasteiger partial charge in [0.05, 0.1) is 5.75 Å². The highest BCUT2D eigenvalue weighted by atomic mass is 32.2. The lowest BCUT2D eigenvalue weighted by Crippen LogP contribution is -2.13. The van der Waals surface area contributed by atoms with Gasteiger partial charge in [0.2, 0.25) is 11.8 Å². The van der Waals surface area contributed by atoms with Crippen molar-refractivity contribution < 1.29 is 13.9 Å². The van der Waals surface area contributed by atoms with Crippen LogP contribution in [-0.2, 0) is 4.79 Å². The molecular weight excluding hydrogens is 350 g/mol. The minimum absolute atomic E-state index is 0.127. The van der Waals surface area contributed by atoms with Gasteiger partial charge in [0.25, 0.3) is 5.22 Å². The summed E-state index contributed by atoms with van der Waals surface area (Å²) < 4.78 is 11.3. The van der Waals surface area contributed by atoms with E-state index in [-0.39, 0.29) is 11.7 Å². The topological polar surface area (TPSA) is 77.2 Å². The first-order chi connectivity index (χ1) is 12.8. The summed E-state index contributed by atoms with van der Waals surface area (Å²) in [5, 5.41) is 11.2. The number of para-hydroxylation sites is 1. The average Bonchev–Trinajstić information content (AvgIpc) is 3.41. The number of nitrogens with one attached hydrogen (secondary N) is 1. The fourth-order valence-corrected chi connectivity index (χ4v) is 2.90. The summed E-state index contributed by atoms with van der Waals surface area (Å²) in [4.78, 5) is 12.1. The van der Waals surface area contributed by atoms with Crippen molar-refractivity contribution in [2.24, 2.45) is 0 Å². The third-order valence-electron chi connectivity index (χ3n) is 3.79. The van der Waals surface area contributed by atoms with Crippen molar-refractivity contribution in [1.29, 1.82) is 0 Å². The Morgan fingerprint density at radius 2 is 1.81 bits per heavy atom. The summed E-state index contributed by atoms with van der Waals surface area (Å²) in [6, 6.07) is 16.8. The molecule has 4 rings (SSSR count). The van der Waals surface area contributed by atoms with Gasteiger partial charge in [-0.3, -0.25) is 4.79 Å². The average molecular weight is 367 g/mol. The largest absolute Gasteiger partial charge is 0.457 e. The Morgan fingerprint density at radius 3 is 2.54 bits per heavy atom. The molecule has 6 nitrogen and oxygen atoms in total.